The van der Waals surface area contributed by atoms with E-state index in [-0.39, 0.29) is 17.4 Å². The lowest BCUT2D eigenvalue weighted by Crippen LogP contribution is -2.37. The molecular formula is C22H30N2O4. The van der Waals surface area contributed by atoms with Gasteiger partial charge in [0.05, 0.1) is 5.56 Å². The Morgan fingerprint density at radius 2 is 1.54 bits per heavy atom. The Morgan fingerprint density at radius 3 is 2.21 bits per heavy atom. The lowest BCUT2D eigenvalue weighted by molar-refractivity contribution is -0.134. The number of carboxylic acid groups (broad SMARTS) is 1. The second kappa shape index (κ2) is 9.71. The molecule has 1 N–H and O–H groups in total. The third-order valence-corrected chi connectivity index (χ3v) is 6.00. The number of carbonyl (C=O) groups is 3. The lowest BCUT2D eigenvalue weighted by Gasteiger charge is -2.23. The number of carboxylic acids is 1. The molecule has 1 aliphatic heterocycles. The highest BCUT2D eigenvalue weighted by molar-refractivity contribution is 5.89. The number of benzene rings is 1. The van der Waals surface area contributed by atoms with Crippen LogP contribution in [-0.2, 0) is 16.0 Å². The second-order valence-electron chi connectivity index (χ2n) is 7.93. The van der Waals surface area contributed by atoms with Crippen molar-refractivity contribution >= 4 is 17.8 Å². The zero-order valence-corrected chi connectivity index (χ0v) is 16.4. The largest absolute Gasteiger partial charge is 0.478 e. The molecule has 0 radical (unpaired) electrons. The van der Waals surface area contributed by atoms with Gasteiger partial charge < -0.3 is 14.9 Å². The van der Waals surface area contributed by atoms with E-state index in [4.69, 9.17) is 0 Å². The van der Waals surface area contributed by atoms with Gasteiger partial charge in [-0.25, -0.2) is 4.79 Å². The third-order valence-electron chi connectivity index (χ3n) is 6.00. The Morgan fingerprint density at radius 1 is 0.893 bits per heavy atom. The SMILES string of the molecule is O=C(O)c1ccccc1CCC(=O)N1CCCN(C(=O)CC2CCCC2)CC1. The van der Waals surface area contributed by atoms with Gasteiger partial charge in [-0.1, -0.05) is 31.0 Å². The first-order valence-electron chi connectivity index (χ1n) is 10.4. The van der Waals surface area contributed by atoms with Crippen molar-refractivity contribution in [3.63, 3.8) is 0 Å². The monoisotopic (exact) mass is 386 g/mol. The Hall–Kier alpha value is -2.37. The fourth-order valence-corrected chi connectivity index (χ4v) is 4.35. The highest BCUT2D eigenvalue weighted by Gasteiger charge is 2.25. The molecule has 0 bridgehead atoms. The summed E-state index contributed by atoms with van der Waals surface area (Å²) >= 11 is 0. The summed E-state index contributed by atoms with van der Waals surface area (Å²) in [5.74, 6) is -0.154. The Labute approximate surface area is 166 Å². The van der Waals surface area contributed by atoms with Crippen molar-refractivity contribution in [2.45, 2.75) is 51.4 Å². The molecule has 3 rings (SSSR count). The number of rotatable bonds is 6. The molecular weight excluding hydrogens is 356 g/mol. The second-order valence-corrected chi connectivity index (χ2v) is 7.93. The van der Waals surface area contributed by atoms with Crippen molar-refractivity contribution in [2.24, 2.45) is 5.92 Å². The van der Waals surface area contributed by atoms with Gasteiger partial charge in [0.1, 0.15) is 0 Å². The van der Waals surface area contributed by atoms with Crippen LogP contribution < -0.4 is 0 Å². The third kappa shape index (κ3) is 5.33. The molecule has 1 saturated carbocycles. The number of nitrogens with zero attached hydrogens (tertiary/aromatic N) is 2. The van der Waals surface area contributed by atoms with Crippen LogP contribution in [0.2, 0.25) is 0 Å². The number of aromatic carboxylic acids is 1. The average Bonchev–Trinajstić information content (AvgIpc) is 3.07. The van der Waals surface area contributed by atoms with Crippen molar-refractivity contribution in [3.8, 4) is 0 Å². The summed E-state index contributed by atoms with van der Waals surface area (Å²) in [5, 5.41) is 9.27. The fraction of sp³-hybridized carbons (Fsp3) is 0.591. The molecule has 2 aliphatic rings. The molecule has 28 heavy (non-hydrogen) atoms. The predicted octanol–water partition coefficient (Wildman–Crippen LogP) is 2.96. The van der Waals surface area contributed by atoms with Crippen molar-refractivity contribution in [1.29, 1.82) is 0 Å². The molecule has 6 heteroatoms. The molecule has 1 aliphatic carbocycles. The summed E-state index contributed by atoms with van der Waals surface area (Å²) in [6, 6.07) is 6.83. The first kappa shape index (κ1) is 20.4. The molecule has 1 aromatic carbocycles. The predicted molar refractivity (Wildman–Crippen MR) is 106 cm³/mol. The topological polar surface area (TPSA) is 77.9 Å². The number of hydrogen-bond donors (Lipinski definition) is 1. The molecule has 0 aromatic heterocycles. The van der Waals surface area contributed by atoms with E-state index in [9.17, 15) is 19.5 Å². The van der Waals surface area contributed by atoms with E-state index in [1.54, 1.807) is 24.3 Å². The minimum Gasteiger partial charge on any atom is -0.478 e. The van der Waals surface area contributed by atoms with Crippen LogP contribution in [0.3, 0.4) is 0 Å². The smallest absolute Gasteiger partial charge is 0.335 e. The maximum Gasteiger partial charge on any atom is 0.335 e. The van der Waals surface area contributed by atoms with Crippen LogP contribution in [0.15, 0.2) is 24.3 Å². The van der Waals surface area contributed by atoms with Gasteiger partial charge in [0.15, 0.2) is 0 Å². The summed E-state index contributed by atoms with van der Waals surface area (Å²) in [7, 11) is 0. The summed E-state index contributed by atoms with van der Waals surface area (Å²) in [6.45, 7) is 2.54. The van der Waals surface area contributed by atoms with Gasteiger partial charge in [0.2, 0.25) is 11.8 Å². The van der Waals surface area contributed by atoms with Crippen LogP contribution in [0.5, 0.6) is 0 Å². The molecule has 1 heterocycles. The molecule has 0 unspecified atom stereocenters. The Balaban J connectivity index is 1.49. The zero-order chi connectivity index (χ0) is 19.9. The quantitative estimate of drug-likeness (QED) is 0.815. The van der Waals surface area contributed by atoms with Crippen LogP contribution in [-0.4, -0.2) is 58.9 Å². The lowest BCUT2D eigenvalue weighted by atomic mass is 10.0. The van der Waals surface area contributed by atoms with E-state index >= 15 is 0 Å². The van der Waals surface area contributed by atoms with E-state index in [2.05, 4.69) is 0 Å². The molecule has 0 spiro atoms. The molecule has 2 amide bonds. The minimum absolute atomic E-state index is 0.0327. The summed E-state index contributed by atoms with van der Waals surface area (Å²) in [6.07, 6.45) is 6.98. The van der Waals surface area contributed by atoms with Crippen molar-refractivity contribution < 1.29 is 19.5 Å². The number of aryl methyl sites for hydroxylation is 1. The molecule has 0 atom stereocenters. The van der Waals surface area contributed by atoms with E-state index in [0.717, 1.165) is 13.0 Å². The molecule has 1 aromatic rings. The van der Waals surface area contributed by atoms with Crippen molar-refractivity contribution in [3.05, 3.63) is 35.4 Å². The fourth-order valence-electron chi connectivity index (χ4n) is 4.35. The normalized spacial score (nSPS) is 18.1. The van der Waals surface area contributed by atoms with Gasteiger partial charge in [-0.15, -0.1) is 0 Å². The number of amides is 2. The first-order chi connectivity index (χ1) is 13.5. The Bertz CT molecular complexity index is 712. The summed E-state index contributed by atoms with van der Waals surface area (Å²) in [4.78, 5) is 40.2. The molecule has 6 nitrogen and oxygen atoms in total. The number of carbonyl (C=O) groups excluding carboxylic acids is 2. The van der Waals surface area contributed by atoms with Crippen molar-refractivity contribution in [1.82, 2.24) is 9.80 Å². The molecule has 2 fully saturated rings. The van der Waals surface area contributed by atoms with Gasteiger partial charge in [0, 0.05) is 39.0 Å². The van der Waals surface area contributed by atoms with Gasteiger partial charge >= 0.3 is 5.97 Å². The van der Waals surface area contributed by atoms with Crippen molar-refractivity contribution in [2.75, 3.05) is 26.2 Å². The van der Waals surface area contributed by atoms with Gasteiger partial charge in [-0.2, -0.15) is 0 Å². The van der Waals surface area contributed by atoms with Crippen LogP contribution in [0.25, 0.3) is 0 Å². The van der Waals surface area contributed by atoms with E-state index in [0.29, 0.717) is 50.4 Å². The zero-order valence-electron chi connectivity index (χ0n) is 16.4. The van der Waals surface area contributed by atoms with Crippen LogP contribution in [0.4, 0.5) is 0 Å². The molecule has 152 valence electrons. The van der Waals surface area contributed by atoms with E-state index in [1.807, 2.05) is 9.80 Å². The minimum atomic E-state index is -0.964. The highest BCUT2D eigenvalue weighted by atomic mass is 16.4. The summed E-state index contributed by atoms with van der Waals surface area (Å²) in [5.41, 5.74) is 0.946. The number of hydrogen-bond acceptors (Lipinski definition) is 3. The van der Waals surface area contributed by atoms with Crippen LogP contribution in [0.1, 0.15) is 60.9 Å². The molecule has 1 saturated heterocycles. The van der Waals surface area contributed by atoms with Crippen LogP contribution >= 0.6 is 0 Å². The highest BCUT2D eigenvalue weighted by Crippen LogP contribution is 2.28. The average molecular weight is 386 g/mol. The maximum atomic E-state index is 12.6. The van der Waals surface area contributed by atoms with Gasteiger partial charge in [-0.05, 0) is 43.2 Å². The van der Waals surface area contributed by atoms with E-state index < -0.39 is 5.97 Å². The standard InChI is InChI=1S/C22H30N2O4/c25-20(11-10-18-8-3-4-9-19(18)22(27)28)23-12-5-13-24(15-14-23)21(26)16-17-6-1-2-7-17/h3-4,8-9,17H,1-2,5-7,10-16H2,(H,27,28). The van der Waals surface area contributed by atoms with E-state index in [1.165, 1.54) is 25.7 Å². The Kier molecular flexibility index (Phi) is 7.06. The maximum absolute atomic E-state index is 12.6. The van der Waals surface area contributed by atoms with Crippen LogP contribution in [0, 0.1) is 5.92 Å². The van der Waals surface area contributed by atoms with Gasteiger partial charge in [0.25, 0.3) is 0 Å². The van der Waals surface area contributed by atoms with Gasteiger partial charge in [-0.3, -0.25) is 9.59 Å². The summed E-state index contributed by atoms with van der Waals surface area (Å²) < 4.78 is 0. The first-order valence-corrected chi connectivity index (χ1v) is 10.4.